The van der Waals surface area contributed by atoms with Crippen LogP contribution in [-0.2, 0) is 27.0 Å². The van der Waals surface area contributed by atoms with Crippen molar-refractivity contribution in [2.45, 2.75) is 31.9 Å². The molecule has 0 aliphatic heterocycles. The average Bonchev–Trinajstić information content (AvgIpc) is 3.51. The number of nitrogens with two attached hydrogens (primary N) is 1. The van der Waals surface area contributed by atoms with E-state index in [1.54, 1.807) is 0 Å². The van der Waals surface area contributed by atoms with Crippen molar-refractivity contribution in [1.82, 2.24) is 0 Å². The molecule has 0 saturated heterocycles. The third-order valence-corrected chi connectivity index (χ3v) is 6.28. The lowest BCUT2D eigenvalue weighted by Gasteiger charge is -2.27. The van der Waals surface area contributed by atoms with Crippen LogP contribution >= 0.6 is 12.2 Å². The van der Waals surface area contributed by atoms with Gasteiger partial charge in [0.15, 0.2) is 12.2 Å². The smallest absolute Gasteiger partial charge is 0.151 e. The summed E-state index contributed by atoms with van der Waals surface area (Å²) in [6.07, 6.45) is 6.26. The lowest BCUT2D eigenvalue weighted by Crippen LogP contribution is -2.50. The van der Waals surface area contributed by atoms with Crippen LogP contribution in [-0.4, -0.2) is 38.0 Å². The molecule has 0 spiro atoms. The molecule has 0 radical (unpaired) electrons. The van der Waals surface area contributed by atoms with Crippen molar-refractivity contribution < 1.29 is 19.1 Å². The zero-order valence-electron chi connectivity index (χ0n) is 19.1. The molecule has 3 atom stereocenters. The predicted molar refractivity (Wildman–Crippen MR) is 131 cm³/mol. The Morgan fingerprint density at radius 1 is 1.22 bits per heavy atom. The number of aliphatic hydroxyl groups excluding tert-OH is 1. The van der Waals surface area contributed by atoms with Crippen LogP contribution in [0.25, 0.3) is 6.08 Å². The van der Waals surface area contributed by atoms with Crippen LogP contribution in [0.3, 0.4) is 0 Å². The molecule has 1 saturated carbocycles. The van der Waals surface area contributed by atoms with Gasteiger partial charge in [-0.1, -0.05) is 49.4 Å². The third kappa shape index (κ3) is 7.62. The molecule has 2 aromatic carbocycles. The van der Waals surface area contributed by atoms with Crippen molar-refractivity contribution in [1.29, 1.82) is 0 Å². The van der Waals surface area contributed by atoms with Crippen LogP contribution in [0.2, 0.25) is 0 Å². The van der Waals surface area contributed by atoms with Gasteiger partial charge >= 0.3 is 0 Å². The van der Waals surface area contributed by atoms with Crippen LogP contribution < -0.4 is 10.0 Å². The molecule has 3 unspecified atom stereocenters. The van der Waals surface area contributed by atoms with Gasteiger partial charge in [-0.3, -0.25) is 4.31 Å². The normalized spacial score (nSPS) is 19.8. The third-order valence-electron chi connectivity index (χ3n) is 5.65. The minimum absolute atomic E-state index is 0.150. The molecule has 2 aromatic rings. The van der Waals surface area contributed by atoms with E-state index in [1.165, 1.54) is 13.5 Å². The van der Waals surface area contributed by atoms with E-state index in [1.807, 2.05) is 41.7 Å². The maximum absolute atomic E-state index is 9.89. The Bertz CT molecular complexity index is 880. The highest BCUT2D eigenvalue weighted by Gasteiger charge is 2.29. The lowest BCUT2D eigenvalue weighted by molar-refractivity contribution is -0.160. The second kappa shape index (κ2) is 11.8. The summed E-state index contributed by atoms with van der Waals surface area (Å²) in [7, 11) is 3.39. The summed E-state index contributed by atoms with van der Waals surface area (Å²) in [5.74, 6) is 1.44. The number of allylic oxidation sites excluding steroid dienone is 1. The first-order valence-corrected chi connectivity index (χ1v) is 11.6. The maximum Gasteiger partial charge on any atom is 0.151 e. The molecule has 3 rings (SSSR count). The van der Waals surface area contributed by atoms with E-state index in [-0.39, 0.29) is 13.2 Å². The predicted octanol–water partition coefficient (Wildman–Crippen LogP) is 4.38. The van der Waals surface area contributed by atoms with Gasteiger partial charge in [-0.05, 0) is 59.6 Å². The van der Waals surface area contributed by atoms with Crippen molar-refractivity contribution >= 4 is 24.0 Å². The van der Waals surface area contributed by atoms with Gasteiger partial charge < -0.3 is 15.6 Å². The second-order valence-electron chi connectivity index (χ2n) is 8.65. The molecule has 0 aromatic heterocycles. The first-order valence-electron chi connectivity index (χ1n) is 10.9. The zero-order valence-corrected chi connectivity index (χ0v) is 19.9. The lowest BCUT2D eigenvalue weighted by atomic mass is 9.93. The summed E-state index contributed by atoms with van der Waals surface area (Å²) in [4.78, 5) is 4.70. The van der Waals surface area contributed by atoms with Gasteiger partial charge in [0.25, 0.3) is 0 Å². The number of hydrogen-bond donors (Lipinski definition) is 2. The summed E-state index contributed by atoms with van der Waals surface area (Å²) < 4.78 is 12.9. The summed E-state index contributed by atoms with van der Waals surface area (Å²) in [6.45, 7) is 2.77. The van der Waals surface area contributed by atoms with Gasteiger partial charge in [-0.25, -0.2) is 4.89 Å². The summed E-state index contributed by atoms with van der Waals surface area (Å²) in [6, 6.07) is 16.2. The second-order valence-corrected chi connectivity index (χ2v) is 9.48. The molecule has 1 aliphatic carbocycles. The van der Waals surface area contributed by atoms with Crippen molar-refractivity contribution in [3.05, 3.63) is 71.3 Å². The molecular weight excluding hydrogens is 424 g/mol. The standard InChI is InChI=1S/C25H34N2O4S/c1-19-11-23(19)10-9-21-12-22(14-24(13-21)27(2)32-31-29-3)16-30-18-25(26,17-28)15-20-7-5-4-6-8-20/h4-10,12-14,19,23,28H,11,15-18,26H2,1-3H3. The minimum atomic E-state index is -0.831. The van der Waals surface area contributed by atoms with Gasteiger partial charge in [0.2, 0.25) is 0 Å². The first kappa shape index (κ1) is 24.8. The number of ether oxygens (including phenoxy) is 1. The molecule has 1 fully saturated rings. The highest BCUT2D eigenvalue weighted by Crippen LogP contribution is 2.39. The Balaban J connectivity index is 1.67. The van der Waals surface area contributed by atoms with Gasteiger partial charge in [0.05, 0.1) is 32.5 Å². The molecule has 6 nitrogen and oxygen atoms in total. The average molecular weight is 459 g/mol. The van der Waals surface area contributed by atoms with Crippen molar-refractivity contribution in [3.8, 4) is 0 Å². The summed E-state index contributed by atoms with van der Waals surface area (Å²) in [5.41, 5.74) is 9.78. The number of benzene rings is 2. The van der Waals surface area contributed by atoms with Crippen LogP contribution in [0.15, 0.2) is 54.6 Å². The minimum Gasteiger partial charge on any atom is -0.394 e. The van der Waals surface area contributed by atoms with E-state index in [2.05, 4.69) is 37.3 Å². The Hall–Kier alpha value is -1.87. The fourth-order valence-electron chi connectivity index (χ4n) is 3.56. The molecular formula is C25H34N2O4S. The van der Waals surface area contributed by atoms with Gasteiger partial charge in [-0.2, -0.15) is 0 Å². The zero-order chi connectivity index (χ0) is 23.0. The van der Waals surface area contributed by atoms with Crippen LogP contribution in [0.5, 0.6) is 0 Å². The number of rotatable bonds is 13. The van der Waals surface area contributed by atoms with E-state index in [0.29, 0.717) is 18.9 Å². The maximum atomic E-state index is 9.89. The van der Waals surface area contributed by atoms with Gasteiger partial charge in [-0.15, -0.1) is 4.33 Å². The Kier molecular flexibility index (Phi) is 9.16. The Morgan fingerprint density at radius 3 is 2.62 bits per heavy atom. The number of nitrogens with zero attached hydrogens (tertiary/aromatic N) is 1. The molecule has 0 amide bonds. The number of hydrogen-bond acceptors (Lipinski definition) is 7. The number of anilines is 1. The summed E-state index contributed by atoms with van der Waals surface area (Å²) >= 11 is 1.11. The quantitative estimate of drug-likeness (QED) is 0.200. The highest BCUT2D eigenvalue weighted by atomic mass is 32.2. The van der Waals surface area contributed by atoms with E-state index in [9.17, 15) is 5.11 Å². The van der Waals surface area contributed by atoms with E-state index < -0.39 is 5.54 Å². The topological polar surface area (TPSA) is 77.2 Å². The van der Waals surface area contributed by atoms with Crippen molar-refractivity contribution in [2.24, 2.45) is 17.6 Å². The molecule has 174 valence electrons. The van der Waals surface area contributed by atoms with E-state index in [0.717, 1.165) is 40.5 Å². The van der Waals surface area contributed by atoms with Gasteiger partial charge in [0.1, 0.15) is 0 Å². The molecule has 0 bridgehead atoms. The van der Waals surface area contributed by atoms with Crippen LogP contribution in [0, 0.1) is 11.8 Å². The molecule has 7 heteroatoms. The monoisotopic (exact) mass is 458 g/mol. The first-order chi connectivity index (χ1) is 15.4. The van der Waals surface area contributed by atoms with Crippen molar-refractivity contribution in [2.75, 3.05) is 31.7 Å². The SMILES string of the molecule is COOSN(C)c1cc(C=CC2CC2C)cc(COCC(N)(CO)Cc2ccccc2)c1. The fourth-order valence-corrected chi connectivity index (χ4v) is 3.90. The van der Waals surface area contributed by atoms with E-state index >= 15 is 0 Å². The Labute approximate surface area is 195 Å². The summed E-state index contributed by atoms with van der Waals surface area (Å²) in [5, 5.41) is 9.89. The van der Waals surface area contributed by atoms with Gasteiger partial charge in [0, 0.05) is 12.7 Å². The molecule has 3 N–H and O–H groups in total. The molecule has 1 aliphatic rings. The van der Waals surface area contributed by atoms with Crippen LogP contribution in [0.4, 0.5) is 5.69 Å². The molecule has 32 heavy (non-hydrogen) atoms. The van der Waals surface area contributed by atoms with Crippen molar-refractivity contribution in [3.63, 3.8) is 0 Å². The highest BCUT2D eigenvalue weighted by molar-refractivity contribution is 7.95. The fraction of sp³-hybridized carbons (Fsp3) is 0.440. The van der Waals surface area contributed by atoms with E-state index in [4.69, 9.17) is 19.7 Å². The Morgan fingerprint density at radius 2 is 1.97 bits per heavy atom. The van der Waals surface area contributed by atoms with Crippen LogP contribution in [0.1, 0.15) is 30.0 Å². The largest absolute Gasteiger partial charge is 0.394 e. The number of aliphatic hydroxyl groups is 1. The molecule has 0 heterocycles.